The fraction of sp³-hybridized carbons (Fsp3) is 0.438. The molecule has 1 atom stereocenters. The van der Waals surface area contributed by atoms with Crippen molar-refractivity contribution in [2.75, 3.05) is 18.8 Å². The molecular weight excluding hydrogens is 320 g/mol. The molecule has 112 valence electrons. The summed E-state index contributed by atoms with van der Waals surface area (Å²) in [5, 5.41) is 3.84. The number of alkyl halides is 1. The van der Waals surface area contributed by atoms with Gasteiger partial charge in [-0.25, -0.2) is 4.98 Å². The highest BCUT2D eigenvalue weighted by atomic mass is 35.5. The highest BCUT2D eigenvalue weighted by Gasteiger charge is 2.16. The van der Waals surface area contributed by atoms with Crippen LogP contribution in [-0.2, 0) is 12.4 Å². The van der Waals surface area contributed by atoms with Crippen LogP contribution in [0.15, 0.2) is 29.6 Å². The molecule has 0 amide bonds. The number of hydrogen-bond donors (Lipinski definition) is 0. The van der Waals surface area contributed by atoms with Crippen molar-refractivity contribution in [3.63, 3.8) is 0 Å². The van der Waals surface area contributed by atoms with Crippen LogP contribution in [0.1, 0.15) is 18.2 Å². The van der Waals surface area contributed by atoms with Crippen LogP contribution < -0.4 is 0 Å². The highest BCUT2D eigenvalue weighted by molar-refractivity contribution is 7.99. The number of rotatable bonds is 4. The van der Waals surface area contributed by atoms with Crippen molar-refractivity contribution in [2.24, 2.45) is 0 Å². The second kappa shape index (κ2) is 7.14. The van der Waals surface area contributed by atoms with E-state index in [1.807, 2.05) is 5.38 Å². The molecule has 0 spiro atoms. The molecule has 5 heteroatoms. The lowest BCUT2D eigenvalue weighted by Gasteiger charge is -2.30. The topological polar surface area (TPSA) is 16.1 Å². The molecule has 1 saturated heterocycles. The minimum absolute atomic E-state index is 0.486. The summed E-state index contributed by atoms with van der Waals surface area (Å²) in [6.45, 7) is 5.76. The number of nitrogens with zero attached hydrogens (tertiary/aromatic N) is 2. The Labute approximate surface area is 139 Å². The molecule has 1 aliphatic rings. The summed E-state index contributed by atoms with van der Waals surface area (Å²) >= 11 is 9.55. The van der Waals surface area contributed by atoms with E-state index in [1.165, 1.54) is 30.0 Å². The molecule has 1 aromatic carbocycles. The molecule has 1 aliphatic heterocycles. The van der Waals surface area contributed by atoms with Crippen LogP contribution in [0.2, 0.25) is 0 Å². The number of thioether (sulfide) groups is 1. The van der Waals surface area contributed by atoms with Gasteiger partial charge in [0.25, 0.3) is 0 Å². The lowest BCUT2D eigenvalue weighted by atomic mass is 10.1. The SMILES string of the molecule is CC1CN(Cc2ccc(-c3nc(CCl)cs3)cc2)CCS1. The van der Waals surface area contributed by atoms with E-state index in [4.69, 9.17) is 11.6 Å². The van der Waals surface area contributed by atoms with Crippen LogP contribution in [0, 0.1) is 0 Å². The first-order valence-corrected chi connectivity index (χ1v) is 9.64. The average molecular weight is 339 g/mol. The van der Waals surface area contributed by atoms with Crippen molar-refractivity contribution in [2.45, 2.75) is 24.6 Å². The molecule has 21 heavy (non-hydrogen) atoms. The summed E-state index contributed by atoms with van der Waals surface area (Å²) in [7, 11) is 0. The molecule has 1 fully saturated rings. The molecular formula is C16H19ClN2S2. The van der Waals surface area contributed by atoms with Gasteiger partial charge >= 0.3 is 0 Å². The Hall–Kier alpha value is -0.550. The number of halogens is 1. The first-order chi connectivity index (χ1) is 10.2. The quantitative estimate of drug-likeness (QED) is 0.764. The summed E-state index contributed by atoms with van der Waals surface area (Å²) in [5.74, 6) is 1.74. The van der Waals surface area contributed by atoms with Gasteiger partial charge in [0.1, 0.15) is 5.01 Å². The van der Waals surface area contributed by atoms with Gasteiger partial charge in [-0.2, -0.15) is 11.8 Å². The van der Waals surface area contributed by atoms with Gasteiger partial charge in [0, 0.05) is 41.6 Å². The Bertz CT molecular complexity index is 582. The zero-order valence-electron chi connectivity index (χ0n) is 12.1. The molecule has 1 aromatic heterocycles. The Morgan fingerprint density at radius 2 is 2.14 bits per heavy atom. The van der Waals surface area contributed by atoms with Gasteiger partial charge in [0.05, 0.1) is 11.6 Å². The van der Waals surface area contributed by atoms with Crippen LogP contribution in [0.25, 0.3) is 10.6 Å². The fourth-order valence-corrected chi connectivity index (χ4v) is 4.68. The van der Waals surface area contributed by atoms with Crippen LogP contribution in [0.5, 0.6) is 0 Å². The van der Waals surface area contributed by atoms with E-state index in [9.17, 15) is 0 Å². The van der Waals surface area contributed by atoms with Crippen molar-refractivity contribution in [3.8, 4) is 10.6 Å². The molecule has 2 nitrogen and oxygen atoms in total. The number of thiazole rings is 1. The summed E-state index contributed by atoms with van der Waals surface area (Å²) in [6.07, 6.45) is 0. The maximum Gasteiger partial charge on any atom is 0.123 e. The van der Waals surface area contributed by atoms with Gasteiger partial charge in [-0.3, -0.25) is 4.90 Å². The van der Waals surface area contributed by atoms with Gasteiger partial charge in [0.15, 0.2) is 0 Å². The molecule has 0 saturated carbocycles. The van der Waals surface area contributed by atoms with Gasteiger partial charge in [-0.1, -0.05) is 31.2 Å². The Morgan fingerprint density at radius 1 is 1.33 bits per heavy atom. The average Bonchev–Trinajstić information content (AvgIpc) is 2.97. The molecule has 2 heterocycles. The van der Waals surface area contributed by atoms with Crippen molar-refractivity contribution in [3.05, 3.63) is 40.9 Å². The molecule has 0 aliphatic carbocycles. The molecule has 3 rings (SSSR count). The van der Waals surface area contributed by atoms with Gasteiger partial charge in [-0.05, 0) is 5.56 Å². The maximum absolute atomic E-state index is 5.81. The van der Waals surface area contributed by atoms with E-state index in [0.29, 0.717) is 5.88 Å². The van der Waals surface area contributed by atoms with Crippen LogP contribution in [0.3, 0.4) is 0 Å². The van der Waals surface area contributed by atoms with Crippen molar-refractivity contribution >= 4 is 34.7 Å². The first kappa shape index (κ1) is 15.3. The molecule has 2 aromatic rings. The third-order valence-corrected chi connectivity index (χ3v) is 5.97. The Morgan fingerprint density at radius 3 is 2.81 bits per heavy atom. The fourth-order valence-electron chi connectivity index (χ4n) is 2.55. The second-order valence-electron chi connectivity index (χ2n) is 5.39. The van der Waals surface area contributed by atoms with Crippen molar-refractivity contribution in [1.82, 2.24) is 9.88 Å². The van der Waals surface area contributed by atoms with E-state index in [2.05, 4.69) is 52.8 Å². The van der Waals surface area contributed by atoms with E-state index < -0.39 is 0 Å². The van der Waals surface area contributed by atoms with Crippen molar-refractivity contribution < 1.29 is 0 Å². The van der Waals surface area contributed by atoms with Gasteiger partial charge < -0.3 is 0 Å². The molecule has 0 N–H and O–H groups in total. The monoisotopic (exact) mass is 338 g/mol. The lowest BCUT2D eigenvalue weighted by molar-refractivity contribution is 0.278. The molecule has 1 unspecified atom stereocenters. The zero-order valence-corrected chi connectivity index (χ0v) is 14.5. The van der Waals surface area contributed by atoms with Gasteiger partial charge in [0.2, 0.25) is 0 Å². The second-order valence-corrected chi connectivity index (χ2v) is 8.06. The Balaban J connectivity index is 1.66. The van der Waals surface area contributed by atoms with Crippen molar-refractivity contribution in [1.29, 1.82) is 0 Å². The lowest BCUT2D eigenvalue weighted by Crippen LogP contribution is -2.35. The summed E-state index contributed by atoms with van der Waals surface area (Å²) < 4.78 is 0. The first-order valence-electron chi connectivity index (χ1n) is 7.18. The molecule has 0 radical (unpaired) electrons. The maximum atomic E-state index is 5.81. The number of benzene rings is 1. The van der Waals surface area contributed by atoms with E-state index in [1.54, 1.807) is 11.3 Å². The third-order valence-electron chi connectivity index (χ3n) is 3.62. The minimum atomic E-state index is 0.486. The number of aromatic nitrogens is 1. The standard InChI is InChI=1S/C16H19ClN2S2/c1-12-9-19(6-7-20-12)10-13-2-4-14(5-3-13)16-18-15(8-17)11-21-16/h2-5,11-12H,6-10H2,1H3. The normalized spacial score (nSPS) is 19.8. The summed E-state index contributed by atoms with van der Waals surface area (Å²) in [6, 6.07) is 8.80. The van der Waals surface area contributed by atoms with Gasteiger partial charge in [-0.15, -0.1) is 22.9 Å². The highest BCUT2D eigenvalue weighted by Crippen LogP contribution is 2.25. The third kappa shape index (κ3) is 4.01. The Kier molecular flexibility index (Phi) is 5.22. The summed E-state index contributed by atoms with van der Waals surface area (Å²) in [5.41, 5.74) is 3.52. The zero-order chi connectivity index (χ0) is 14.7. The predicted molar refractivity (Wildman–Crippen MR) is 94.3 cm³/mol. The van der Waals surface area contributed by atoms with Crippen LogP contribution in [-0.4, -0.2) is 34.0 Å². The minimum Gasteiger partial charge on any atom is -0.297 e. The number of hydrogen-bond acceptors (Lipinski definition) is 4. The largest absolute Gasteiger partial charge is 0.297 e. The summed E-state index contributed by atoms with van der Waals surface area (Å²) in [4.78, 5) is 7.07. The van der Waals surface area contributed by atoms with E-state index in [-0.39, 0.29) is 0 Å². The van der Waals surface area contributed by atoms with Crippen LogP contribution >= 0.6 is 34.7 Å². The van der Waals surface area contributed by atoms with Crippen LogP contribution in [0.4, 0.5) is 0 Å². The molecule has 0 bridgehead atoms. The smallest absolute Gasteiger partial charge is 0.123 e. The van der Waals surface area contributed by atoms with E-state index >= 15 is 0 Å². The van der Waals surface area contributed by atoms with E-state index in [0.717, 1.165) is 22.5 Å². The predicted octanol–water partition coefficient (Wildman–Crippen LogP) is 4.49.